The Morgan fingerprint density at radius 3 is 2.15 bits per heavy atom. The van der Waals surface area contributed by atoms with Gasteiger partial charge in [-0.3, -0.25) is 0 Å². The van der Waals surface area contributed by atoms with Crippen molar-refractivity contribution in [3.8, 4) is 0 Å². The fourth-order valence-corrected chi connectivity index (χ4v) is 2.23. The average molecular weight is 276 g/mol. The molecule has 1 aromatic heterocycles. The number of anilines is 2. The summed E-state index contributed by atoms with van der Waals surface area (Å²) < 4.78 is 0. The van der Waals surface area contributed by atoms with E-state index in [-0.39, 0.29) is 0 Å². The topological polar surface area (TPSA) is 49.8 Å². The molecule has 1 aliphatic rings. The largest absolute Gasteiger partial charge is 0.370 e. The smallest absolute Gasteiger partial charge is 0.136 e. The van der Waals surface area contributed by atoms with Crippen LogP contribution in [0, 0.1) is 6.92 Å². The van der Waals surface area contributed by atoms with Crippen molar-refractivity contribution in [2.24, 2.45) is 0 Å². The van der Waals surface area contributed by atoms with Gasteiger partial charge in [-0.25, -0.2) is 9.97 Å². The van der Waals surface area contributed by atoms with Crippen molar-refractivity contribution in [2.45, 2.75) is 65.2 Å². The summed E-state index contributed by atoms with van der Waals surface area (Å²) in [5, 5.41) is 6.93. The van der Waals surface area contributed by atoms with Gasteiger partial charge in [-0.15, -0.1) is 0 Å². The molecule has 2 rings (SSSR count). The number of rotatable bonds is 9. The Labute approximate surface area is 122 Å². The minimum atomic E-state index is 0.592. The number of hydrogen-bond donors (Lipinski definition) is 2. The molecule has 4 heteroatoms. The first-order valence-electron chi connectivity index (χ1n) is 8.12. The maximum Gasteiger partial charge on any atom is 0.136 e. The Balaban J connectivity index is 2.08. The van der Waals surface area contributed by atoms with Gasteiger partial charge in [0.15, 0.2) is 0 Å². The third-order valence-electron chi connectivity index (χ3n) is 3.72. The molecule has 0 bridgehead atoms. The SMILES string of the molecule is CCCCCNc1nc(C2CC2)nc(NCCC)c1C. The highest BCUT2D eigenvalue weighted by Gasteiger charge is 2.28. The number of aromatic nitrogens is 2. The van der Waals surface area contributed by atoms with Crippen LogP contribution in [0.25, 0.3) is 0 Å². The van der Waals surface area contributed by atoms with Gasteiger partial charge in [0.2, 0.25) is 0 Å². The zero-order chi connectivity index (χ0) is 14.4. The second-order valence-corrected chi connectivity index (χ2v) is 5.74. The molecular weight excluding hydrogens is 248 g/mol. The van der Waals surface area contributed by atoms with E-state index in [2.05, 4.69) is 31.4 Å². The Morgan fingerprint density at radius 1 is 0.950 bits per heavy atom. The van der Waals surface area contributed by atoms with Crippen LogP contribution in [-0.2, 0) is 0 Å². The first-order chi connectivity index (χ1) is 9.76. The lowest BCUT2D eigenvalue weighted by Gasteiger charge is -2.15. The Hall–Kier alpha value is -1.32. The first kappa shape index (κ1) is 15.1. The second-order valence-electron chi connectivity index (χ2n) is 5.74. The van der Waals surface area contributed by atoms with E-state index in [4.69, 9.17) is 9.97 Å². The molecule has 1 saturated carbocycles. The molecular formula is C16H28N4. The highest BCUT2D eigenvalue weighted by atomic mass is 15.1. The fourth-order valence-electron chi connectivity index (χ4n) is 2.23. The van der Waals surface area contributed by atoms with Crippen molar-refractivity contribution >= 4 is 11.6 Å². The Morgan fingerprint density at radius 2 is 1.60 bits per heavy atom. The average Bonchev–Trinajstić information content (AvgIpc) is 3.28. The zero-order valence-electron chi connectivity index (χ0n) is 13.1. The summed E-state index contributed by atoms with van der Waals surface area (Å²) in [4.78, 5) is 9.45. The van der Waals surface area contributed by atoms with Crippen LogP contribution in [-0.4, -0.2) is 23.1 Å². The normalized spacial score (nSPS) is 14.3. The van der Waals surface area contributed by atoms with E-state index < -0.39 is 0 Å². The van der Waals surface area contributed by atoms with E-state index in [1.165, 1.54) is 32.1 Å². The van der Waals surface area contributed by atoms with Crippen LogP contribution >= 0.6 is 0 Å². The second kappa shape index (κ2) is 7.46. The molecule has 0 spiro atoms. The standard InChI is InChI=1S/C16H28N4/c1-4-6-7-11-18-15-12(3)14(17-10-5-2)19-16(20-15)13-8-9-13/h13H,4-11H2,1-3H3,(H2,17,18,19,20). The van der Waals surface area contributed by atoms with Crippen molar-refractivity contribution in [3.05, 3.63) is 11.4 Å². The van der Waals surface area contributed by atoms with E-state index in [1.54, 1.807) is 0 Å². The highest BCUT2D eigenvalue weighted by Crippen LogP contribution is 2.39. The summed E-state index contributed by atoms with van der Waals surface area (Å²) in [6.45, 7) is 8.49. The summed E-state index contributed by atoms with van der Waals surface area (Å²) in [7, 11) is 0. The molecule has 0 saturated heterocycles. The van der Waals surface area contributed by atoms with Crippen molar-refractivity contribution in [3.63, 3.8) is 0 Å². The third kappa shape index (κ3) is 4.09. The van der Waals surface area contributed by atoms with Gasteiger partial charge in [0, 0.05) is 24.6 Å². The van der Waals surface area contributed by atoms with E-state index in [0.29, 0.717) is 5.92 Å². The van der Waals surface area contributed by atoms with E-state index in [0.717, 1.165) is 42.5 Å². The molecule has 0 aromatic carbocycles. The molecule has 0 aliphatic heterocycles. The van der Waals surface area contributed by atoms with Crippen LogP contribution in [0.5, 0.6) is 0 Å². The molecule has 1 fully saturated rings. The number of nitrogens with one attached hydrogen (secondary N) is 2. The molecule has 0 atom stereocenters. The lowest BCUT2D eigenvalue weighted by atomic mass is 10.2. The van der Waals surface area contributed by atoms with Crippen LogP contribution in [0.4, 0.5) is 11.6 Å². The summed E-state index contributed by atoms with van der Waals surface area (Å²) in [5.74, 6) is 3.65. The molecule has 0 radical (unpaired) electrons. The maximum absolute atomic E-state index is 4.74. The quantitative estimate of drug-likeness (QED) is 0.667. The van der Waals surface area contributed by atoms with Crippen molar-refractivity contribution in [2.75, 3.05) is 23.7 Å². The van der Waals surface area contributed by atoms with Gasteiger partial charge in [0.1, 0.15) is 17.5 Å². The molecule has 0 unspecified atom stereocenters. The van der Waals surface area contributed by atoms with Crippen LogP contribution in [0.15, 0.2) is 0 Å². The number of nitrogens with zero attached hydrogens (tertiary/aromatic N) is 2. The molecule has 1 heterocycles. The molecule has 112 valence electrons. The number of hydrogen-bond acceptors (Lipinski definition) is 4. The van der Waals surface area contributed by atoms with Crippen LogP contribution < -0.4 is 10.6 Å². The van der Waals surface area contributed by atoms with Gasteiger partial charge in [0.25, 0.3) is 0 Å². The minimum absolute atomic E-state index is 0.592. The van der Waals surface area contributed by atoms with Gasteiger partial charge in [-0.05, 0) is 32.6 Å². The zero-order valence-corrected chi connectivity index (χ0v) is 13.1. The minimum Gasteiger partial charge on any atom is -0.370 e. The van der Waals surface area contributed by atoms with Crippen molar-refractivity contribution < 1.29 is 0 Å². The van der Waals surface area contributed by atoms with Crippen LogP contribution in [0.2, 0.25) is 0 Å². The van der Waals surface area contributed by atoms with Crippen molar-refractivity contribution in [1.29, 1.82) is 0 Å². The summed E-state index contributed by atoms with van der Waals surface area (Å²) in [5.41, 5.74) is 1.15. The fraction of sp³-hybridized carbons (Fsp3) is 0.750. The lowest BCUT2D eigenvalue weighted by molar-refractivity contribution is 0.740. The van der Waals surface area contributed by atoms with Gasteiger partial charge in [0.05, 0.1) is 0 Å². The van der Waals surface area contributed by atoms with Gasteiger partial charge in [-0.1, -0.05) is 26.7 Å². The van der Waals surface area contributed by atoms with Crippen molar-refractivity contribution in [1.82, 2.24) is 9.97 Å². The molecule has 4 nitrogen and oxygen atoms in total. The molecule has 0 amide bonds. The highest BCUT2D eigenvalue weighted by molar-refractivity contribution is 5.57. The van der Waals surface area contributed by atoms with E-state index in [1.807, 2.05) is 0 Å². The molecule has 2 N–H and O–H groups in total. The van der Waals surface area contributed by atoms with Gasteiger partial charge < -0.3 is 10.6 Å². The monoisotopic (exact) mass is 276 g/mol. The van der Waals surface area contributed by atoms with E-state index in [9.17, 15) is 0 Å². The van der Waals surface area contributed by atoms with Gasteiger partial charge >= 0.3 is 0 Å². The Kier molecular flexibility index (Phi) is 5.62. The summed E-state index contributed by atoms with van der Waals surface area (Å²) in [6.07, 6.45) is 7.32. The molecule has 20 heavy (non-hydrogen) atoms. The Bertz CT molecular complexity index is 427. The molecule has 1 aromatic rings. The summed E-state index contributed by atoms with van der Waals surface area (Å²) in [6, 6.07) is 0. The van der Waals surface area contributed by atoms with Crippen LogP contribution in [0.3, 0.4) is 0 Å². The van der Waals surface area contributed by atoms with E-state index >= 15 is 0 Å². The predicted molar refractivity (Wildman–Crippen MR) is 85.5 cm³/mol. The maximum atomic E-state index is 4.74. The first-order valence-corrected chi connectivity index (χ1v) is 8.12. The lowest BCUT2D eigenvalue weighted by Crippen LogP contribution is -2.12. The predicted octanol–water partition coefficient (Wildman–Crippen LogP) is 4.09. The van der Waals surface area contributed by atoms with Crippen LogP contribution in [0.1, 0.15) is 69.7 Å². The molecule has 1 aliphatic carbocycles. The number of unbranched alkanes of at least 4 members (excludes halogenated alkanes) is 2. The van der Waals surface area contributed by atoms with Gasteiger partial charge in [-0.2, -0.15) is 0 Å². The summed E-state index contributed by atoms with van der Waals surface area (Å²) >= 11 is 0. The third-order valence-corrected chi connectivity index (χ3v) is 3.72.